The van der Waals surface area contributed by atoms with E-state index in [2.05, 4.69) is 22.3 Å². The number of rotatable bonds is 3. The van der Waals surface area contributed by atoms with Crippen molar-refractivity contribution >= 4 is 5.78 Å². The van der Waals surface area contributed by atoms with Gasteiger partial charge in [0.1, 0.15) is 5.78 Å². The number of hydrogen-bond acceptors (Lipinski definition) is 4. The van der Waals surface area contributed by atoms with Crippen LogP contribution in [0, 0.1) is 11.8 Å². The molecule has 1 saturated carbocycles. The van der Waals surface area contributed by atoms with E-state index in [9.17, 15) is 4.79 Å². The van der Waals surface area contributed by atoms with Gasteiger partial charge in [-0.25, -0.2) is 0 Å². The quantitative estimate of drug-likeness (QED) is 0.769. The molecule has 1 fully saturated rings. The van der Waals surface area contributed by atoms with Crippen molar-refractivity contribution < 1.29 is 4.79 Å². The van der Waals surface area contributed by atoms with Crippen LogP contribution in [0.2, 0.25) is 0 Å². The van der Waals surface area contributed by atoms with Crippen molar-refractivity contribution in [2.24, 2.45) is 18.9 Å². The molecular formula is C11H18N4O. The fraction of sp³-hybridized carbons (Fsp3) is 0.818. The SMILES string of the molecule is CC1CCCC(C(=O)Cc2nnn(C)n2)C1. The van der Waals surface area contributed by atoms with Crippen LogP contribution in [0.25, 0.3) is 0 Å². The average Bonchev–Trinajstić information content (AvgIpc) is 2.64. The van der Waals surface area contributed by atoms with E-state index in [0.29, 0.717) is 18.2 Å². The van der Waals surface area contributed by atoms with Crippen molar-refractivity contribution in [3.05, 3.63) is 5.82 Å². The summed E-state index contributed by atoms with van der Waals surface area (Å²) < 4.78 is 0. The van der Waals surface area contributed by atoms with Crippen LogP contribution in [0.5, 0.6) is 0 Å². The molecule has 0 aliphatic heterocycles. The van der Waals surface area contributed by atoms with E-state index in [1.54, 1.807) is 7.05 Å². The molecule has 5 heteroatoms. The van der Waals surface area contributed by atoms with Crippen molar-refractivity contribution in [3.63, 3.8) is 0 Å². The molecular weight excluding hydrogens is 204 g/mol. The predicted octanol–water partition coefficient (Wildman–Crippen LogP) is 1.15. The van der Waals surface area contributed by atoms with Gasteiger partial charge in [0, 0.05) is 5.92 Å². The zero-order valence-corrected chi connectivity index (χ0v) is 9.89. The molecule has 0 amide bonds. The molecule has 5 nitrogen and oxygen atoms in total. The molecule has 1 aliphatic rings. The molecule has 2 rings (SSSR count). The molecule has 0 spiro atoms. The first-order chi connectivity index (χ1) is 7.65. The third kappa shape index (κ3) is 2.65. The van der Waals surface area contributed by atoms with E-state index in [0.717, 1.165) is 12.8 Å². The Bertz CT molecular complexity index is 374. The summed E-state index contributed by atoms with van der Waals surface area (Å²) >= 11 is 0. The van der Waals surface area contributed by atoms with Gasteiger partial charge in [-0.15, -0.1) is 10.2 Å². The molecule has 2 unspecified atom stereocenters. The Morgan fingerprint density at radius 1 is 1.50 bits per heavy atom. The van der Waals surface area contributed by atoms with Gasteiger partial charge in [-0.3, -0.25) is 4.79 Å². The van der Waals surface area contributed by atoms with Gasteiger partial charge in [-0.1, -0.05) is 19.8 Å². The Kier molecular flexibility index (Phi) is 3.31. The van der Waals surface area contributed by atoms with Crippen molar-refractivity contribution in [3.8, 4) is 0 Å². The van der Waals surface area contributed by atoms with Crippen LogP contribution in [0.4, 0.5) is 0 Å². The number of ketones is 1. The van der Waals surface area contributed by atoms with Gasteiger partial charge in [0.05, 0.1) is 13.5 Å². The molecule has 1 aliphatic carbocycles. The lowest BCUT2D eigenvalue weighted by Crippen LogP contribution is -2.23. The van der Waals surface area contributed by atoms with Crippen molar-refractivity contribution in [1.29, 1.82) is 0 Å². The van der Waals surface area contributed by atoms with E-state index in [-0.39, 0.29) is 11.7 Å². The summed E-state index contributed by atoms with van der Waals surface area (Å²) in [6, 6.07) is 0. The molecule has 0 N–H and O–H groups in total. The zero-order chi connectivity index (χ0) is 11.5. The summed E-state index contributed by atoms with van der Waals surface area (Å²) in [5.74, 6) is 1.72. The molecule has 1 aromatic rings. The molecule has 0 aromatic carbocycles. The van der Waals surface area contributed by atoms with Gasteiger partial charge in [-0.05, 0) is 24.0 Å². The fourth-order valence-electron chi connectivity index (χ4n) is 2.42. The van der Waals surface area contributed by atoms with Crippen molar-refractivity contribution in [2.75, 3.05) is 0 Å². The number of tetrazole rings is 1. The zero-order valence-electron chi connectivity index (χ0n) is 9.89. The highest BCUT2D eigenvalue weighted by Gasteiger charge is 2.25. The fourth-order valence-corrected chi connectivity index (χ4v) is 2.42. The highest BCUT2D eigenvalue weighted by Crippen LogP contribution is 2.29. The first-order valence-electron chi connectivity index (χ1n) is 5.90. The van der Waals surface area contributed by atoms with Gasteiger partial charge in [0.2, 0.25) is 0 Å². The lowest BCUT2D eigenvalue weighted by Gasteiger charge is -2.25. The maximum Gasteiger partial charge on any atom is 0.182 e. The maximum absolute atomic E-state index is 12.0. The standard InChI is InChI=1S/C11H18N4O/c1-8-4-3-5-9(6-8)10(16)7-11-12-14-15(2)13-11/h8-9H,3-7H2,1-2H3. The number of Topliss-reactive ketones (excluding diaryl/α,β-unsaturated/α-hetero) is 1. The van der Waals surface area contributed by atoms with Gasteiger partial charge >= 0.3 is 0 Å². The van der Waals surface area contributed by atoms with Gasteiger partial charge in [-0.2, -0.15) is 4.80 Å². The lowest BCUT2D eigenvalue weighted by atomic mass is 9.79. The number of aromatic nitrogens is 4. The smallest absolute Gasteiger partial charge is 0.182 e. The van der Waals surface area contributed by atoms with Crippen molar-refractivity contribution in [1.82, 2.24) is 20.2 Å². The van der Waals surface area contributed by atoms with Crippen LogP contribution < -0.4 is 0 Å². The number of nitrogens with zero attached hydrogens (tertiary/aromatic N) is 4. The molecule has 16 heavy (non-hydrogen) atoms. The molecule has 0 saturated heterocycles. The Hall–Kier alpha value is -1.26. The molecule has 0 bridgehead atoms. The predicted molar refractivity (Wildman–Crippen MR) is 58.6 cm³/mol. The van der Waals surface area contributed by atoms with Crippen LogP contribution in [0.15, 0.2) is 0 Å². The summed E-state index contributed by atoms with van der Waals surface area (Å²) in [4.78, 5) is 13.4. The van der Waals surface area contributed by atoms with Crippen LogP contribution in [-0.2, 0) is 18.3 Å². The summed E-state index contributed by atoms with van der Waals surface area (Å²) in [7, 11) is 1.71. The van der Waals surface area contributed by atoms with Crippen LogP contribution in [0.1, 0.15) is 38.4 Å². The molecule has 88 valence electrons. The van der Waals surface area contributed by atoms with Crippen LogP contribution in [0.3, 0.4) is 0 Å². The Labute approximate surface area is 95.2 Å². The second-order valence-corrected chi connectivity index (χ2v) is 4.81. The molecule has 2 atom stereocenters. The van der Waals surface area contributed by atoms with E-state index in [1.165, 1.54) is 17.6 Å². The Morgan fingerprint density at radius 3 is 2.94 bits per heavy atom. The van der Waals surface area contributed by atoms with Crippen LogP contribution >= 0.6 is 0 Å². The highest BCUT2D eigenvalue weighted by molar-refractivity contribution is 5.82. The van der Waals surface area contributed by atoms with E-state index >= 15 is 0 Å². The first kappa shape index (κ1) is 11.2. The Balaban J connectivity index is 1.92. The number of carbonyl (C=O) groups is 1. The number of aryl methyl sites for hydroxylation is 1. The average molecular weight is 222 g/mol. The lowest BCUT2D eigenvalue weighted by molar-refractivity contribution is -0.123. The molecule has 1 aromatic heterocycles. The largest absolute Gasteiger partial charge is 0.299 e. The Morgan fingerprint density at radius 2 is 2.31 bits per heavy atom. The summed E-state index contributed by atoms with van der Waals surface area (Å²) in [5, 5.41) is 11.6. The second-order valence-electron chi connectivity index (χ2n) is 4.81. The minimum atomic E-state index is 0.215. The third-order valence-corrected chi connectivity index (χ3v) is 3.27. The van der Waals surface area contributed by atoms with E-state index in [1.807, 2.05) is 0 Å². The number of hydrogen-bond donors (Lipinski definition) is 0. The van der Waals surface area contributed by atoms with Gasteiger partial charge in [0.15, 0.2) is 5.82 Å². The number of carbonyl (C=O) groups excluding carboxylic acids is 1. The van der Waals surface area contributed by atoms with Gasteiger partial charge < -0.3 is 0 Å². The third-order valence-electron chi connectivity index (χ3n) is 3.27. The summed E-state index contributed by atoms with van der Waals surface area (Å²) in [6.07, 6.45) is 4.83. The first-order valence-corrected chi connectivity index (χ1v) is 5.90. The normalized spacial score (nSPS) is 25.6. The topological polar surface area (TPSA) is 60.7 Å². The summed E-state index contributed by atoms with van der Waals surface area (Å²) in [6.45, 7) is 2.22. The molecule has 0 radical (unpaired) electrons. The highest BCUT2D eigenvalue weighted by atomic mass is 16.1. The monoisotopic (exact) mass is 222 g/mol. The molecule has 1 heterocycles. The van der Waals surface area contributed by atoms with Gasteiger partial charge in [0.25, 0.3) is 0 Å². The van der Waals surface area contributed by atoms with E-state index < -0.39 is 0 Å². The van der Waals surface area contributed by atoms with Crippen LogP contribution in [-0.4, -0.2) is 26.0 Å². The summed E-state index contributed by atoms with van der Waals surface area (Å²) in [5.41, 5.74) is 0. The van der Waals surface area contributed by atoms with Crippen molar-refractivity contribution in [2.45, 2.75) is 39.0 Å². The minimum Gasteiger partial charge on any atom is -0.299 e. The maximum atomic E-state index is 12.0. The second kappa shape index (κ2) is 4.72. The minimum absolute atomic E-state index is 0.215. The van der Waals surface area contributed by atoms with E-state index in [4.69, 9.17) is 0 Å².